The van der Waals surface area contributed by atoms with Crippen LogP contribution in [0.15, 0.2) is 18.2 Å². The number of urea groups is 1. The first-order valence-corrected chi connectivity index (χ1v) is 10.6. The molecule has 2 fully saturated rings. The van der Waals surface area contributed by atoms with E-state index in [0.29, 0.717) is 18.6 Å². The Kier molecular flexibility index (Phi) is 6.48. The van der Waals surface area contributed by atoms with Gasteiger partial charge in [-0.2, -0.15) is 0 Å². The van der Waals surface area contributed by atoms with Crippen LogP contribution in [-0.2, 0) is 14.3 Å². The number of ether oxygens (including phenoxy) is 3. The molecule has 0 bridgehead atoms. The monoisotopic (exact) mass is 446 g/mol. The summed E-state index contributed by atoms with van der Waals surface area (Å²) in [7, 11) is 2.91. The van der Waals surface area contributed by atoms with Gasteiger partial charge in [0.15, 0.2) is 6.61 Å². The number of nitrogens with zero attached hydrogens (tertiary/aromatic N) is 1. The molecule has 1 saturated carbocycles. The van der Waals surface area contributed by atoms with Gasteiger partial charge in [0, 0.05) is 6.07 Å². The van der Waals surface area contributed by atoms with Crippen molar-refractivity contribution in [1.29, 1.82) is 0 Å². The Bertz CT molecular complexity index is 942. The SMILES string of the molecule is COc1ccc(C(=O)COC(=O)CN2C(=O)N[C@@]3(C[C@@H](C)CC(C)(C)C3)C2=O)c(OC)c1. The third kappa shape index (κ3) is 4.71. The fraction of sp³-hybridized carbons (Fsp3) is 0.565. The van der Waals surface area contributed by atoms with Crippen molar-refractivity contribution < 1.29 is 33.4 Å². The van der Waals surface area contributed by atoms with Gasteiger partial charge in [-0.1, -0.05) is 20.8 Å². The van der Waals surface area contributed by atoms with Gasteiger partial charge in [0.25, 0.3) is 5.91 Å². The maximum Gasteiger partial charge on any atom is 0.326 e. The number of carbonyl (C=O) groups is 4. The lowest BCUT2D eigenvalue weighted by Gasteiger charge is -2.43. The van der Waals surface area contributed by atoms with Crippen molar-refractivity contribution in [2.45, 2.75) is 45.6 Å². The molecule has 1 heterocycles. The summed E-state index contributed by atoms with van der Waals surface area (Å²) in [6, 6.07) is 4.05. The zero-order chi connectivity index (χ0) is 23.7. The minimum absolute atomic E-state index is 0.110. The molecule has 1 aromatic rings. The van der Waals surface area contributed by atoms with Crippen LogP contribution >= 0.6 is 0 Å². The number of hydrogen-bond acceptors (Lipinski definition) is 7. The van der Waals surface area contributed by atoms with E-state index in [1.165, 1.54) is 20.3 Å². The standard InChI is InChI=1S/C23H30N2O7/c1-14-9-22(2,3)13-23(10-14)20(28)25(21(29)24-23)11-19(27)32-12-17(26)16-7-6-15(30-4)8-18(16)31-5/h6-8,14H,9-13H2,1-5H3,(H,24,29)/t14-,23+/m0/s1. The molecule has 1 spiro atoms. The van der Waals surface area contributed by atoms with Gasteiger partial charge in [0.1, 0.15) is 23.6 Å². The van der Waals surface area contributed by atoms with Crippen LogP contribution in [0.4, 0.5) is 4.79 Å². The lowest BCUT2D eigenvalue weighted by molar-refractivity contribution is -0.147. The lowest BCUT2D eigenvalue weighted by Crippen LogP contribution is -2.54. The Morgan fingerprint density at radius 1 is 1.16 bits per heavy atom. The van der Waals surface area contributed by atoms with Crippen LogP contribution in [0.25, 0.3) is 0 Å². The molecule has 0 aromatic heterocycles. The van der Waals surface area contributed by atoms with Crippen LogP contribution in [0.2, 0.25) is 0 Å². The van der Waals surface area contributed by atoms with E-state index in [2.05, 4.69) is 26.1 Å². The molecule has 174 valence electrons. The summed E-state index contributed by atoms with van der Waals surface area (Å²) in [6.07, 6.45) is 2.00. The molecular formula is C23H30N2O7. The fourth-order valence-electron chi connectivity index (χ4n) is 5.08. The molecule has 3 amide bonds. The minimum atomic E-state index is -0.995. The average Bonchev–Trinajstić information content (AvgIpc) is 2.93. The third-order valence-corrected chi connectivity index (χ3v) is 5.98. The largest absolute Gasteiger partial charge is 0.497 e. The van der Waals surface area contributed by atoms with Crippen molar-refractivity contribution in [1.82, 2.24) is 10.2 Å². The van der Waals surface area contributed by atoms with E-state index in [0.717, 1.165) is 11.3 Å². The molecule has 1 saturated heterocycles. The van der Waals surface area contributed by atoms with Crippen LogP contribution in [0.5, 0.6) is 11.5 Å². The van der Waals surface area contributed by atoms with Crippen LogP contribution in [-0.4, -0.2) is 61.5 Å². The number of rotatable bonds is 7. The van der Waals surface area contributed by atoms with Gasteiger partial charge in [-0.15, -0.1) is 0 Å². The Morgan fingerprint density at radius 2 is 1.88 bits per heavy atom. The average molecular weight is 447 g/mol. The molecule has 1 aliphatic heterocycles. The van der Waals surface area contributed by atoms with Gasteiger partial charge in [-0.05, 0) is 42.7 Å². The van der Waals surface area contributed by atoms with E-state index in [1.807, 2.05) is 0 Å². The number of benzene rings is 1. The van der Waals surface area contributed by atoms with E-state index in [4.69, 9.17) is 14.2 Å². The highest BCUT2D eigenvalue weighted by Gasteiger charge is 2.56. The minimum Gasteiger partial charge on any atom is -0.497 e. The number of esters is 1. The molecule has 9 nitrogen and oxygen atoms in total. The van der Waals surface area contributed by atoms with E-state index >= 15 is 0 Å². The van der Waals surface area contributed by atoms with E-state index in [1.54, 1.807) is 12.1 Å². The summed E-state index contributed by atoms with van der Waals surface area (Å²) in [5.74, 6) is -0.670. The van der Waals surface area contributed by atoms with Gasteiger partial charge in [-0.3, -0.25) is 19.3 Å². The molecule has 32 heavy (non-hydrogen) atoms. The predicted octanol–water partition coefficient (Wildman–Crippen LogP) is 2.57. The van der Waals surface area contributed by atoms with E-state index in [-0.39, 0.29) is 22.6 Å². The molecule has 3 rings (SSSR count). The molecule has 0 radical (unpaired) electrons. The molecule has 0 unspecified atom stereocenters. The van der Waals surface area contributed by atoms with Crippen molar-refractivity contribution in [2.24, 2.45) is 11.3 Å². The molecule has 2 atom stereocenters. The number of hydrogen-bond donors (Lipinski definition) is 1. The first-order valence-electron chi connectivity index (χ1n) is 10.6. The second-order valence-corrected chi connectivity index (χ2v) is 9.41. The molecular weight excluding hydrogens is 416 g/mol. The second-order valence-electron chi connectivity index (χ2n) is 9.41. The first-order chi connectivity index (χ1) is 15.0. The van der Waals surface area contributed by atoms with Gasteiger partial charge in [0.2, 0.25) is 5.78 Å². The predicted molar refractivity (Wildman–Crippen MR) is 115 cm³/mol. The topological polar surface area (TPSA) is 111 Å². The van der Waals surface area contributed by atoms with Gasteiger partial charge >= 0.3 is 12.0 Å². The van der Waals surface area contributed by atoms with Crippen LogP contribution in [0, 0.1) is 11.3 Å². The van der Waals surface area contributed by atoms with Crippen LogP contribution in [0.1, 0.15) is 50.4 Å². The number of ketones is 1. The quantitative estimate of drug-likeness (QED) is 0.389. The molecule has 1 N–H and O–H groups in total. The molecule has 9 heteroatoms. The third-order valence-electron chi connectivity index (χ3n) is 5.98. The summed E-state index contributed by atoms with van der Waals surface area (Å²) >= 11 is 0. The van der Waals surface area contributed by atoms with Crippen molar-refractivity contribution in [3.05, 3.63) is 23.8 Å². The maximum absolute atomic E-state index is 13.1. The smallest absolute Gasteiger partial charge is 0.326 e. The molecule has 2 aliphatic rings. The van der Waals surface area contributed by atoms with Gasteiger partial charge in [0.05, 0.1) is 19.8 Å². The fourth-order valence-corrected chi connectivity index (χ4v) is 5.08. The highest BCUT2D eigenvalue weighted by Crippen LogP contribution is 2.46. The zero-order valence-electron chi connectivity index (χ0n) is 19.1. The van der Waals surface area contributed by atoms with Crippen LogP contribution in [0.3, 0.4) is 0 Å². The number of imide groups is 1. The Balaban J connectivity index is 1.62. The number of methoxy groups -OCH3 is 2. The van der Waals surface area contributed by atoms with E-state index < -0.39 is 42.4 Å². The summed E-state index contributed by atoms with van der Waals surface area (Å²) in [4.78, 5) is 51.3. The van der Waals surface area contributed by atoms with Gasteiger partial charge in [-0.25, -0.2) is 4.79 Å². The highest BCUT2D eigenvalue weighted by molar-refractivity contribution is 6.09. The van der Waals surface area contributed by atoms with E-state index in [9.17, 15) is 19.2 Å². The highest BCUT2D eigenvalue weighted by atomic mass is 16.5. The van der Waals surface area contributed by atoms with Gasteiger partial charge < -0.3 is 19.5 Å². The lowest BCUT2D eigenvalue weighted by atomic mass is 9.64. The summed E-state index contributed by atoms with van der Waals surface area (Å²) in [5, 5.41) is 2.81. The van der Waals surface area contributed by atoms with Crippen molar-refractivity contribution in [3.8, 4) is 11.5 Å². The summed E-state index contributed by atoms with van der Waals surface area (Å²) < 4.78 is 15.4. The maximum atomic E-state index is 13.1. The van der Waals surface area contributed by atoms with Crippen LogP contribution < -0.4 is 14.8 Å². The Hall–Kier alpha value is -3.10. The van der Waals surface area contributed by atoms with Crippen molar-refractivity contribution in [3.63, 3.8) is 0 Å². The molecule has 1 aliphatic carbocycles. The summed E-state index contributed by atoms with van der Waals surface area (Å²) in [6.45, 7) is 5.10. The zero-order valence-corrected chi connectivity index (χ0v) is 19.1. The first kappa shape index (κ1) is 23.6. The number of nitrogens with one attached hydrogen (secondary N) is 1. The normalized spacial score (nSPS) is 24.3. The van der Waals surface area contributed by atoms with Crippen molar-refractivity contribution in [2.75, 3.05) is 27.4 Å². The Morgan fingerprint density at radius 3 is 2.50 bits per heavy atom. The number of carbonyl (C=O) groups excluding carboxylic acids is 4. The summed E-state index contributed by atoms with van der Waals surface area (Å²) in [5.41, 5.74) is -0.875. The molecule has 1 aromatic carbocycles. The Labute approximate surface area is 187 Å². The number of amides is 3. The van der Waals surface area contributed by atoms with Crippen molar-refractivity contribution >= 4 is 23.7 Å². The number of Topliss-reactive ketones (excluding diaryl/α,β-unsaturated/α-hetero) is 1. The second kappa shape index (κ2) is 8.80.